The van der Waals surface area contributed by atoms with E-state index in [4.69, 9.17) is 0 Å². The van der Waals surface area contributed by atoms with Crippen molar-refractivity contribution in [2.45, 2.75) is 20.4 Å². The molecule has 3 nitrogen and oxygen atoms in total. The molecule has 1 heterocycles. The van der Waals surface area contributed by atoms with Crippen molar-refractivity contribution in [3.05, 3.63) is 29.3 Å². The lowest BCUT2D eigenvalue weighted by atomic mass is 10.2. The first-order chi connectivity index (χ1) is 7.15. The molecule has 2 rings (SSSR count). The zero-order valence-corrected chi connectivity index (χ0v) is 8.62. The largest absolute Gasteiger partial charge is 0.321 e. The third-order valence-electron chi connectivity index (χ3n) is 2.56. The van der Waals surface area contributed by atoms with Crippen LogP contribution < -0.4 is 0 Å². The second-order valence-corrected chi connectivity index (χ2v) is 3.48. The number of fused-ring (bicyclic) bond motifs is 1. The number of carbonyl (C=O) groups excluding carboxylic acids is 1. The van der Waals surface area contributed by atoms with E-state index in [1.807, 2.05) is 0 Å². The van der Waals surface area contributed by atoms with E-state index in [2.05, 4.69) is 4.98 Å². The van der Waals surface area contributed by atoms with Gasteiger partial charge in [0.1, 0.15) is 17.9 Å². The van der Waals surface area contributed by atoms with Crippen LogP contribution >= 0.6 is 0 Å². The van der Waals surface area contributed by atoms with Crippen molar-refractivity contribution < 1.29 is 9.18 Å². The van der Waals surface area contributed by atoms with Gasteiger partial charge < -0.3 is 9.36 Å². The van der Waals surface area contributed by atoms with Crippen molar-refractivity contribution in [2.75, 3.05) is 0 Å². The van der Waals surface area contributed by atoms with Crippen molar-refractivity contribution >= 4 is 17.3 Å². The van der Waals surface area contributed by atoms with E-state index in [1.54, 1.807) is 24.5 Å². The molecule has 0 spiro atoms. The van der Waals surface area contributed by atoms with Crippen molar-refractivity contribution in [1.29, 1.82) is 0 Å². The van der Waals surface area contributed by atoms with Crippen LogP contribution in [0.1, 0.15) is 11.4 Å². The highest BCUT2D eigenvalue weighted by molar-refractivity contribution is 5.80. The van der Waals surface area contributed by atoms with Gasteiger partial charge in [0, 0.05) is 5.56 Å². The summed E-state index contributed by atoms with van der Waals surface area (Å²) in [6, 6.07) is 3.06. The zero-order valence-electron chi connectivity index (χ0n) is 8.62. The van der Waals surface area contributed by atoms with Crippen molar-refractivity contribution in [2.24, 2.45) is 0 Å². The summed E-state index contributed by atoms with van der Waals surface area (Å²) in [5.41, 5.74) is 1.97. The van der Waals surface area contributed by atoms with Gasteiger partial charge in [-0.25, -0.2) is 9.37 Å². The van der Waals surface area contributed by atoms with Crippen molar-refractivity contribution in [1.82, 2.24) is 9.55 Å². The van der Waals surface area contributed by atoms with Crippen molar-refractivity contribution in [3.63, 3.8) is 0 Å². The monoisotopic (exact) mass is 206 g/mol. The number of halogens is 1. The van der Waals surface area contributed by atoms with Crippen LogP contribution in [0.25, 0.3) is 11.0 Å². The highest BCUT2D eigenvalue weighted by Gasteiger charge is 2.11. The maximum atomic E-state index is 13.3. The predicted octanol–water partition coefficient (Wildman–Crippen LogP) is 1.99. The number of aldehydes is 1. The molecule has 1 aromatic carbocycles. The quantitative estimate of drug-likeness (QED) is 0.704. The lowest BCUT2D eigenvalue weighted by molar-refractivity contribution is -0.108. The van der Waals surface area contributed by atoms with E-state index >= 15 is 0 Å². The fraction of sp³-hybridized carbons (Fsp3) is 0.273. The van der Waals surface area contributed by atoms with Crippen LogP contribution in [0.5, 0.6) is 0 Å². The molecule has 0 aliphatic rings. The number of aryl methyl sites for hydroxylation is 2. The second kappa shape index (κ2) is 3.46. The summed E-state index contributed by atoms with van der Waals surface area (Å²) in [4.78, 5) is 14.8. The van der Waals surface area contributed by atoms with Gasteiger partial charge in [0.2, 0.25) is 0 Å². The van der Waals surface area contributed by atoms with Crippen LogP contribution in [0.15, 0.2) is 12.1 Å². The summed E-state index contributed by atoms with van der Waals surface area (Å²) in [6.45, 7) is 3.75. The molecule has 1 aromatic heterocycles. The molecule has 15 heavy (non-hydrogen) atoms. The smallest absolute Gasteiger partial charge is 0.139 e. The van der Waals surface area contributed by atoms with Gasteiger partial charge in [0.15, 0.2) is 0 Å². The molecule has 0 bridgehead atoms. The Morgan fingerprint density at radius 3 is 2.87 bits per heavy atom. The molecule has 0 saturated carbocycles. The van der Waals surface area contributed by atoms with E-state index in [9.17, 15) is 9.18 Å². The summed E-state index contributed by atoms with van der Waals surface area (Å²) in [6.07, 6.45) is 0.812. The van der Waals surface area contributed by atoms with Crippen LogP contribution in [-0.4, -0.2) is 15.8 Å². The molecule has 0 unspecified atom stereocenters. The Balaban J connectivity index is 2.78. The Bertz CT molecular complexity index is 531. The maximum absolute atomic E-state index is 13.3. The zero-order chi connectivity index (χ0) is 11.0. The standard InChI is InChI=1S/C11H11FN2O/c1-7-9(12)3-4-10-11(7)13-8(2)14(10)5-6-15/h3-4,6H,5H2,1-2H3. The Hall–Kier alpha value is -1.71. The van der Waals surface area contributed by atoms with Gasteiger partial charge in [-0.2, -0.15) is 0 Å². The molecule has 0 saturated heterocycles. The minimum absolute atomic E-state index is 0.257. The minimum Gasteiger partial charge on any atom is -0.321 e. The fourth-order valence-corrected chi connectivity index (χ4v) is 1.72. The van der Waals surface area contributed by atoms with Crippen LogP contribution in [0.3, 0.4) is 0 Å². The first-order valence-corrected chi connectivity index (χ1v) is 4.70. The average Bonchev–Trinajstić information content (AvgIpc) is 2.52. The molecule has 2 aromatic rings. The average molecular weight is 206 g/mol. The Morgan fingerprint density at radius 2 is 2.20 bits per heavy atom. The summed E-state index contributed by atoms with van der Waals surface area (Å²) in [7, 11) is 0. The molecule has 0 fully saturated rings. The van der Waals surface area contributed by atoms with Gasteiger partial charge in [-0.05, 0) is 26.0 Å². The second-order valence-electron chi connectivity index (χ2n) is 3.48. The molecule has 0 radical (unpaired) electrons. The molecule has 4 heteroatoms. The van der Waals surface area contributed by atoms with Gasteiger partial charge in [0.25, 0.3) is 0 Å². The summed E-state index contributed by atoms with van der Waals surface area (Å²) in [5, 5.41) is 0. The Morgan fingerprint density at radius 1 is 1.47 bits per heavy atom. The normalized spacial score (nSPS) is 10.9. The highest BCUT2D eigenvalue weighted by Crippen LogP contribution is 2.21. The third-order valence-corrected chi connectivity index (χ3v) is 2.56. The SMILES string of the molecule is Cc1c(F)ccc2c1nc(C)n2CC=O. The molecule has 0 atom stereocenters. The van der Waals surface area contributed by atoms with Crippen LogP contribution in [0.2, 0.25) is 0 Å². The Kier molecular flexibility index (Phi) is 2.26. The molecule has 0 aliphatic carbocycles. The van der Waals surface area contributed by atoms with Gasteiger partial charge >= 0.3 is 0 Å². The molecule has 0 aliphatic heterocycles. The van der Waals surface area contributed by atoms with Crippen LogP contribution in [-0.2, 0) is 11.3 Å². The van der Waals surface area contributed by atoms with E-state index < -0.39 is 0 Å². The van der Waals surface area contributed by atoms with Gasteiger partial charge in [-0.1, -0.05) is 0 Å². The van der Waals surface area contributed by atoms with Gasteiger partial charge in [0.05, 0.1) is 17.6 Å². The van der Waals surface area contributed by atoms with Gasteiger partial charge in [-0.15, -0.1) is 0 Å². The van der Waals surface area contributed by atoms with Gasteiger partial charge in [-0.3, -0.25) is 0 Å². The first-order valence-electron chi connectivity index (χ1n) is 4.70. The molecule has 0 amide bonds. The molecular weight excluding hydrogens is 195 g/mol. The Labute approximate surface area is 86.5 Å². The summed E-state index contributed by atoms with van der Waals surface area (Å²) in [5.74, 6) is 0.462. The van der Waals surface area contributed by atoms with Crippen LogP contribution in [0.4, 0.5) is 4.39 Å². The molecular formula is C11H11FN2O. The number of rotatable bonds is 2. The number of aromatic nitrogens is 2. The highest BCUT2D eigenvalue weighted by atomic mass is 19.1. The number of hydrogen-bond acceptors (Lipinski definition) is 2. The maximum Gasteiger partial charge on any atom is 0.139 e. The van der Waals surface area contributed by atoms with E-state index in [1.165, 1.54) is 6.07 Å². The summed E-state index contributed by atoms with van der Waals surface area (Å²) < 4.78 is 15.0. The minimum atomic E-state index is -0.266. The number of benzene rings is 1. The summed E-state index contributed by atoms with van der Waals surface area (Å²) >= 11 is 0. The lowest BCUT2D eigenvalue weighted by Crippen LogP contribution is -2.00. The van der Waals surface area contributed by atoms with E-state index in [0.29, 0.717) is 11.1 Å². The lowest BCUT2D eigenvalue weighted by Gasteiger charge is -2.01. The number of nitrogens with zero attached hydrogens (tertiary/aromatic N) is 2. The molecule has 78 valence electrons. The fourth-order valence-electron chi connectivity index (χ4n) is 1.72. The number of carbonyl (C=O) groups is 1. The van der Waals surface area contributed by atoms with E-state index in [-0.39, 0.29) is 12.4 Å². The topological polar surface area (TPSA) is 34.9 Å². The third kappa shape index (κ3) is 1.42. The van der Waals surface area contributed by atoms with Crippen molar-refractivity contribution in [3.8, 4) is 0 Å². The number of imidazole rings is 1. The number of hydrogen-bond donors (Lipinski definition) is 0. The molecule has 0 N–H and O–H groups in total. The van der Waals surface area contributed by atoms with Crippen LogP contribution in [0, 0.1) is 19.7 Å². The predicted molar refractivity (Wildman–Crippen MR) is 55.2 cm³/mol. The van der Waals surface area contributed by atoms with E-state index in [0.717, 1.165) is 17.6 Å². The first kappa shape index (κ1) is 9.83.